The zero-order valence-corrected chi connectivity index (χ0v) is 18.2. The molecule has 0 bridgehead atoms. The summed E-state index contributed by atoms with van der Waals surface area (Å²) in [6.45, 7) is 6.53. The van der Waals surface area contributed by atoms with E-state index in [1.165, 1.54) is 17.2 Å². The standard InChI is InChI=1S/C20H22ClN7O2/c1-11-9-28-17(24-11)15-14(8-23-28)27(10-20(15,2)3)19(30)25-12-6-13(21)16(22-7-12)18(29)26(4)5/h6-9H,10H2,1-5H3,(H,25,30). The number of halogens is 1. The van der Waals surface area contributed by atoms with Gasteiger partial charge in [0.15, 0.2) is 5.65 Å². The summed E-state index contributed by atoms with van der Waals surface area (Å²) in [5.41, 5.74) is 3.54. The van der Waals surface area contributed by atoms with Crippen LogP contribution in [0.4, 0.5) is 16.2 Å². The fourth-order valence-electron chi connectivity index (χ4n) is 3.70. The summed E-state index contributed by atoms with van der Waals surface area (Å²) in [6, 6.07) is 1.19. The molecule has 10 heteroatoms. The van der Waals surface area contributed by atoms with Crippen molar-refractivity contribution in [2.75, 3.05) is 30.9 Å². The number of imidazole rings is 1. The summed E-state index contributed by atoms with van der Waals surface area (Å²) in [5, 5.41) is 7.38. The Morgan fingerprint density at radius 3 is 2.67 bits per heavy atom. The molecular weight excluding hydrogens is 406 g/mol. The Morgan fingerprint density at radius 1 is 1.27 bits per heavy atom. The molecule has 1 N–H and O–H groups in total. The number of hydrogen-bond acceptors (Lipinski definition) is 5. The van der Waals surface area contributed by atoms with Crippen molar-refractivity contribution in [3.8, 4) is 0 Å². The minimum atomic E-state index is -0.333. The number of anilines is 2. The van der Waals surface area contributed by atoms with Gasteiger partial charge in [-0.05, 0) is 13.0 Å². The summed E-state index contributed by atoms with van der Waals surface area (Å²) in [6.07, 6.45) is 4.96. The molecule has 0 aromatic carbocycles. The van der Waals surface area contributed by atoms with E-state index in [1.54, 1.807) is 29.7 Å². The van der Waals surface area contributed by atoms with Crippen molar-refractivity contribution in [2.45, 2.75) is 26.2 Å². The van der Waals surface area contributed by atoms with E-state index < -0.39 is 0 Å². The Balaban J connectivity index is 1.64. The van der Waals surface area contributed by atoms with Gasteiger partial charge in [-0.15, -0.1) is 0 Å². The smallest absolute Gasteiger partial charge is 0.326 e. The van der Waals surface area contributed by atoms with Crippen molar-refractivity contribution in [1.29, 1.82) is 0 Å². The van der Waals surface area contributed by atoms with E-state index in [0.29, 0.717) is 17.9 Å². The van der Waals surface area contributed by atoms with Gasteiger partial charge in [0.1, 0.15) is 5.69 Å². The van der Waals surface area contributed by atoms with Gasteiger partial charge in [-0.25, -0.2) is 19.3 Å². The molecule has 4 heterocycles. The highest BCUT2D eigenvalue weighted by Gasteiger charge is 2.41. The van der Waals surface area contributed by atoms with E-state index in [0.717, 1.165) is 16.9 Å². The molecule has 156 valence electrons. The third kappa shape index (κ3) is 3.24. The Bertz CT molecular complexity index is 1190. The molecule has 3 aromatic rings. The first-order chi connectivity index (χ1) is 14.1. The molecule has 0 saturated heterocycles. The first-order valence-electron chi connectivity index (χ1n) is 9.39. The lowest BCUT2D eigenvalue weighted by Gasteiger charge is -2.21. The average Bonchev–Trinajstić information content (AvgIpc) is 3.17. The zero-order valence-electron chi connectivity index (χ0n) is 17.4. The van der Waals surface area contributed by atoms with E-state index in [1.807, 2.05) is 13.1 Å². The van der Waals surface area contributed by atoms with Crippen LogP contribution in [0.5, 0.6) is 0 Å². The Hall–Kier alpha value is -3.20. The molecule has 30 heavy (non-hydrogen) atoms. The lowest BCUT2D eigenvalue weighted by Crippen LogP contribution is -2.37. The number of hydrogen-bond donors (Lipinski definition) is 1. The Kier molecular flexibility index (Phi) is 4.65. The number of nitrogens with zero attached hydrogens (tertiary/aromatic N) is 6. The van der Waals surface area contributed by atoms with Crippen LogP contribution in [0.1, 0.15) is 35.6 Å². The third-order valence-electron chi connectivity index (χ3n) is 5.06. The molecule has 4 rings (SSSR count). The molecule has 0 atom stereocenters. The van der Waals surface area contributed by atoms with Gasteiger partial charge >= 0.3 is 6.03 Å². The van der Waals surface area contributed by atoms with Crippen LogP contribution in [-0.2, 0) is 5.41 Å². The number of rotatable bonds is 2. The van der Waals surface area contributed by atoms with E-state index in [-0.39, 0.29) is 28.1 Å². The SMILES string of the molecule is Cc1cn2ncc3c(c2n1)C(C)(C)CN3C(=O)Nc1cnc(C(=O)N(C)C)c(Cl)c1. The maximum Gasteiger partial charge on any atom is 0.326 e. The van der Waals surface area contributed by atoms with Gasteiger partial charge in [-0.3, -0.25) is 9.69 Å². The van der Waals surface area contributed by atoms with Crippen LogP contribution in [0.2, 0.25) is 5.02 Å². The summed E-state index contributed by atoms with van der Waals surface area (Å²) >= 11 is 6.21. The summed E-state index contributed by atoms with van der Waals surface area (Å²) in [7, 11) is 3.24. The average molecular weight is 428 g/mol. The number of nitrogens with one attached hydrogen (secondary N) is 1. The number of aryl methyl sites for hydroxylation is 1. The lowest BCUT2D eigenvalue weighted by atomic mass is 9.88. The highest BCUT2D eigenvalue weighted by Crippen LogP contribution is 2.42. The van der Waals surface area contributed by atoms with Gasteiger partial charge in [0.25, 0.3) is 5.91 Å². The van der Waals surface area contributed by atoms with Crippen LogP contribution in [0.25, 0.3) is 5.65 Å². The second-order valence-corrected chi connectivity index (χ2v) is 8.62. The van der Waals surface area contributed by atoms with Gasteiger partial charge in [0.05, 0.1) is 40.7 Å². The van der Waals surface area contributed by atoms with Gasteiger partial charge < -0.3 is 10.2 Å². The number of carbonyl (C=O) groups is 2. The molecular formula is C20H22ClN7O2. The summed E-state index contributed by atoms with van der Waals surface area (Å²) in [5.74, 6) is -0.307. The van der Waals surface area contributed by atoms with E-state index in [2.05, 4.69) is 34.2 Å². The van der Waals surface area contributed by atoms with E-state index in [4.69, 9.17) is 11.6 Å². The lowest BCUT2D eigenvalue weighted by molar-refractivity contribution is 0.0822. The van der Waals surface area contributed by atoms with Gasteiger partial charge in [0.2, 0.25) is 0 Å². The van der Waals surface area contributed by atoms with Gasteiger partial charge in [-0.1, -0.05) is 25.4 Å². The van der Waals surface area contributed by atoms with Crippen LogP contribution in [0.15, 0.2) is 24.7 Å². The number of fused-ring (bicyclic) bond motifs is 3. The molecule has 3 aromatic heterocycles. The first-order valence-corrected chi connectivity index (χ1v) is 9.77. The van der Waals surface area contributed by atoms with E-state index >= 15 is 0 Å². The number of carbonyl (C=O) groups excluding carboxylic acids is 2. The van der Waals surface area contributed by atoms with Gasteiger partial charge in [-0.2, -0.15) is 5.10 Å². The molecule has 9 nitrogen and oxygen atoms in total. The van der Waals surface area contributed by atoms with Crippen molar-refractivity contribution < 1.29 is 9.59 Å². The molecule has 1 aliphatic rings. The molecule has 0 fully saturated rings. The predicted molar refractivity (Wildman–Crippen MR) is 114 cm³/mol. The fourth-order valence-corrected chi connectivity index (χ4v) is 3.95. The minimum Gasteiger partial charge on any atom is -0.343 e. The van der Waals surface area contributed by atoms with Crippen LogP contribution >= 0.6 is 11.6 Å². The minimum absolute atomic E-state index is 0.133. The molecule has 0 spiro atoms. The monoisotopic (exact) mass is 427 g/mol. The fraction of sp³-hybridized carbons (Fsp3) is 0.350. The first kappa shape index (κ1) is 20.1. The summed E-state index contributed by atoms with van der Waals surface area (Å²) in [4.78, 5) is 36.9. The van der Waals surface area contributed by atoms with Crippen molar-refractivity contribution in [3.05, 3.63) is 46.6 Å². The predicted octanol–water partition coefficient (Wildman–Crippen LogP) is 3.12. The molecule has 0 aliphatic carbocycles. The van der Waals surface area contributed by atoms with E-state index in [9.17, 15) is 9.59 Å². The topological polar surface area (TPSA) is 95.7 Å². The highest BCUT2D eigenvalue weighted by atomic mass is 35.5. The molecule has 0 saturated carbocycles. The second-order valence-electron chi connectivity index (χ2n) is 8.21. The Morgan fingerprint density at radius 2 is 2.00 bits per heavy atom. The largest absolute Gasteiger partial charge is 0.343 e. The quantitative estimate of drug-likeness (QED) is 0.677. The number of pyridine rings is 1. The number of amides is 3. The maximum absolute atomic E-state index is 13.1. The highest BCUT2D eigenvalue weighted by molar-refractivity contribution is 6.33. The molecule has 0 radical (unpaired) electrons. The van der Waals surface area contributed by atoms with Crippen molar-refractivity contribution in [1.82, 2.24) is 24.5 Å². The van der Waals surface area contributed by atoms with Crippen LogP contribution in [-0.4, -0.2) is 57.1 Å². The van der Waals surface area contributed by atoms with Crippen LogP contribution in [0, 0.1) is 6.92 Å². The molecule has 3 amide bonds. The van der Waals surface area contributed by atoms with Crippen molar-refractivity contribution in [3.63, 3.8) is 0 Å². The normalized spacial score (nSPS) is 14.7. The van der Waals surface area contributed by atoms with Crippen molar-refractivity contribution in [2.24, 2.45) is 0 Å². The van der Waals surface area contributed by atoms with Crippen LogP contribution in [0.3, 0.4) is 0 Å². The molecule has 1 aliphatic heterocycles. The number of aromatic nitrogens is 4. The zero-order chi connectivity index (χ0) is 21.8. The van der Waals surface area contributed by atoms with Gasteiger partial charge in [0, 0.05) is 31.6 Å². The van der Waals surface area contributed by atoms with Crippen molar-refractivity contribution >= 4 is 40.6 Å². The molecule has 0 unspecified atom stereocenters. The Labute approximate surface area is 178 Å². The maximum atomic E-state index is 13.1. The number of urea groups is 1. The van der Waals surface area contributed by atoms with Crippen LogP contribution < -0.4 is 10.2 Å². The second kappa shape index (κ2) is 6.94. The summed E-state index contributed by atoms with van der Waals surface area (Å²) < 4.78 is 1.74. The third-order valence-corrected chi connectivity index (χ3v) is 5.35.